The Kier molecular flexibility index (Phi) is 5.55. The molecule has 0 atom stereocenters. The molecule has 2 aromatic heterocycles. The zero-order chi connectivity index (χ0) is 19.2. The Morgan fingerprint density at radius 1 is 1.30 bits per heavy atom. The third kappa shape index (κ3) is 4.55. The summed E-state index contributed by atoms with van der Waals surface area (Å²) in [7, 11) is 1.58. The molecule has 3 aromatic rings. The molecule has 8 nitrogen and oxygen atoms in total. The van der Waals surface area contributed by atoms with Gasteiger partial charge in [0.2, 0.25) is 0 Å². The number of rotatable bonds is 7. The SMILES string of the molecule is COc1cc(-c2cc(C(=O)NN=Cc3ccco3)[nH]n2)ccc1OC(C)C. The van der Waals surface area contributed by atoms with Crippen LogP contribution in [0, 0.1) is 0 Å². The minimum absolute atomic E-state index is 0.0344. The summed E-state index contributed by atoms with van der Waals surface area (Å²) >= 11 is 0. The summed E-state index contributed by atoms with van der Waals surface area (Å²) in [6, 6.07) is 10.6. The summed E-state index contributed by atoms with van der Waals surface area (Å²) < 4.78 is 16.2. The second-order valence-electron chi connectivity index (χ2n) is 5.91. The number of H-pyrrole nitrogens is 1. The van der Waals surface area contributed by atoms with Crippen molar-refractivity contribution < 1.29 is 18.7 Å². The highest BCUT2D eigenvalue weighted by atomic mass is 16.5. The highest BCUT2D eigenvalue weighted by Crippen LogP contribution is 2.32. The molecule has 0 radical (unpaired) electrons. The van der Waals surface area contributed by atoms with Crippen LogP contribution < -0.4 is 14.9 Å². The predicted octanol–water partition coefficient (Wildman–Crippen LogP) is 3.23. The molecule has 1 amide bonds. The topological polar surface area (TPSA) is 102 Å². The van der Waals surface area contributed by atoms with E-state index in [0.29, 0.717) is 23.0 Å². The average Bonchev–Trinajstić information content (AvgIpc) is 3.33. The van der Waals surface area contributed by atoms with Gasteiger partial charge in [-0.3, -0.25) is 9.89 Å². The quantitative estimate of drug-likeness (QED) is 0.492. The molecule has 3 rings (SSSR count). The van der Waals surface area contributed by atoms with Crippen molar-refractivity contribution in [3.8, 4) is 22.8 Å². The molecular formula is C19H20N4O4. The van der Waals surface area contributed by atoms with E-state index in [0.717, 1.165) is 5.56 Å². The average molecular weight is 368 g/mol. The van der Waals surface area contributed by atoms with E-state index in [1.54, 1.807) is 25.3 Å². The molecule has 140 valence electrons. The molecule has 1 aromatic carbocycles. The van der Waals surface area contributed by atoms with Crippen LogP contribution in [0.5, 0.6) is 11.5 Å². The lowest BCUT2D eigenvalue weighted by molar-refractivity contribution is 0.0950. The largest absolute Gasteiger partial charge is 0.493 e. The number of amides is 1. The molecule has 0 aliphatic carbocycles. The Hall–Kier alpha value is -3.55. The number of carbonyl (C=O) groups excluding carboxylic acids is 1. The fraction of sp³-hybridized carbons (Fsp3) is 0.211. The fourth-order valence-electron chi connectivity index (χ4n) is 2.34. The first-order chi connectivity index (χ1) is 13.1. The maximum Gasteiger partial charge on any atom is 0.289 e. The van der Waals surface area contributed by atoms with Crippen molar-refractivity contribution in [2.45, 2.75) is 20.0 Å². The Bertz CT molecular complexity index is 929. The Morgan fingerprint density at radius 3 is 2.85 bits per heavy atom. The molecule has 0 spiro atoms. The summed E-state index contributed by atoms with van der Waals surface area (Å²) in [5.74, 6) is 1.37. The minimum atomic E-state index is -0.414. The maximum atomic E-state index is 12.1. The van der Waals surface area contributed by atoms with E-state index in [1.165, 1.54) is 12.5 Å². The Morgan fingerprint density at radius 2 is 2.15 bits per heavy atom. The molecule has 0 saturated carbocycles. The van der Waals surface area contributed by atoms with Gasteiger partial charge in [0, 0.05) is 5.56 Å². The van der Waals surface area contributed by atoms with Gasteiger partial charge in [0.1, 0.15) is 11.5 Å². The van der Waals surface area contributed by atoms with Gasteiger partial charge in [-0.15, -0.1) is 0 Å². The lowest BCUT2D eigenvalue weighted by Crippen LogP contribution is -2.17. The first-order valence-corrected chi connectivity index (χ1v) is 8.34. The van der Waals surface area contributed by atoms with Crippen LogP contribution in [-0.4, -0.2) is 35.5 Å². The number of benzene rings is 1. The Labute approximate surface area is 156 Å². The molecule has 0 aliphatic rings. The third-order valence-corrected chi connectivity index (χ3v) is 3.55. The summed E-state index contributed by atoms with van der Waals surface area (Å²) in [5.41, 5.74) is 4.08. The van der Waals surface area contributed by atoms with Crippen LogP contribution in [0.15, 0.2) is 52.2 Å². The van der Waals surface area contributed by atoms with Gasteiger partial charge in [-0.05, 0) is 50.2 Å². The van der Waals surface area contributed by atoms with Gasteiger partial charge in [0.25, 0.3) is 5.91 Å². The van der Waals surface area contributed by atoms with Gasteiger partial charge < -0.3 is 13.9 Å². The number of ether oxygens (including phenoxy) is 2. The number of methoxy groups -OCH3 is 1. The third-order valence-electron chi connectivity index (χ3n) is 3.55. The predicted molar refractivity (Wildman–Crippen MR) is 100 cm³/mol. The van der Waals surface area contributed by atoms with Gasteiger partial charge in [-0.1, -0.05) is 0 Å². The van der Waals surface area contributed by atoms with E-state index in [2.05, 4.69) is 20.7 Å². The van der Waals surface area contributed by atoms with Crippen molar-refractivity contribution >= 4 is 12.1 Å². The smallest absolute Gasteiger partial charge is 0.289 e. The first kappa shape index (κ1) is 18.2. The number of carbonyl (C=O) groups is 1. The summed E-state index contributed by atoms with van der Waals surface area (Å²) in [4.78, 5) is 12.1. The fourth-order valence-corrected chi connectivity index (χ4v) is 2.34. The van der Waals surface area contributed by atoms with Crippen molar-refractivity contribution in [2.24, 2.45) is 5.10 Å². The monoisotopic (exact) mass is 368 g/mol. The van der Waals surface area contributed by atoms with E-state index in [4.69, 9.17) is 13.9 Å². The number of aromatic nitrogens is 2. The van der Waals surface area contributed by atoms with Crippen LogP contribution in [0.25, 0.3) is 11.3 Å². The van der Waals surface area contributed by atoms with Crippen molar-refractivity contribution in [3.05, 3.63) is 54.1 Å². The number of hydrogen-bond donors (Lipinski definition) is 2. The second kappa shape index (κ2) is 8.22. The van der Waals surface area contributed by atoms with E-state index < -0.39 is 5.91 Å². The van der Waals surface area contributed by atoms with Crippen LogP contribution in [0.2, 0.25) is 0 Å². The molecule has 0 aliphatic heterocycles. The number of hydrazone groups is 1. The molecule has 0 unspecified atom stereocenters. The maximum absolute atomic E-state index is 12.1. The normalized spacial score (nSPS) is 11.1. The van der Waals surface area contributed by atoms with Crippen LogP contribution >= 0.6 is 0 Å². The summed E-state index contributed by atoms with van der Waals surface area (Å²) in [6.07, 6.45) is 2.97. The first-order valence-electron chi connectivity index (χ1n) is 8.34. The van der Waals surface area contributed by atoms with E-state index in [1.807, 2.05) is 32.0 Å². The lowest BCUT2D eigenvalue weighted by Gasteiger charge is -2.14. The minimum Gasteiger partial charge on any atom is -0.493 e. The highest BCUT2D eigenvalue weighted by Gasteiger charge is 2.13. The molecule has 2 N–H and O–H groups in total. The van der Waals surface area contributed by atoms with Gasteiger partial charge in [-0.25, -0.2) is 5.43 Å². The zero-order valence-electron chi connectivity index (χ0n) is 15.2. The molecule has 2 heterocycles. The Balaban J connectivity index is 1.72. The zero-order valence-corrected chi connectivity index (χ0v) is 15.2. The molecule has 0 saturated heterocycles. The standard InChI is InChI=1S/C19H20N4O4/c1-12(2)27-17-7-6-13(9-18(17)25-3)15-10-16(22-21-15)19(24)23-20-11-14-5-4-8-26-14/h4-12H,1-3H3,(H,21,22)(H,23,24). The number of nitrogens with one attached hydrogen (secondary N) is 2. The van der Waals surface area contributed by atoms with Crippen LogP contribution in [-0.2, 0) is 0 Å². The second-order valence-corrected chi connectivity index (χ2v) is 5.91. The van der Waals surface area contributed by atoms with Gasteiger partial charge in [0.05, 0.1) is 31.4 Å². The van der Waals surface area contributed by atoms with Crippen LogP contribution in [0.3, 0.4) is 0 Å². The summed E-state index contributed by atoms with van der Waals surface area (Å²) in [6.45, 7) is 3.89. The lowest BCUT2D eigenvalue weighted by atomic mass is 10.1. The highest BCUT2D eigenvalue weighted by molar-refractivity contribution is 5.94. The van der Waals surface area contributed by atoms with Crippen LogP contribution in [0.4, 0.5) is 0 Å². The van der Waals surface area contributed by atoms with E-state index in [-0.39, 0.29) is 11.8 Å². The number of furan rings is 1. The number of aromatic amines is 1. The number of hydrogen-bond acceptors (Lipinski definition) is 6. The van der Waals surface area contributed by atoms with Crippen molar-refractivity contribution in [1.29, 1.82) is 0 Å². The van der Waals surface area contributed by atoms with E-state index in [9.17, 15) is 4.79 Å². The molecule has 0 bridgehead atoms. The van der Waals surface area contributed by atoms with Crippen molar-refractivity contribution in [1.82, 2.24) is 15.6 Å². The van der Waals surface area contributed by atoms with Crippen LogP contribution in [0.1, 0.15) is 30.1 Å². The van der Waals surface area contributed by atoms with Crippen molar-refractivity contribution in [2.75, 3.05) is 7.11 Å². The molecular weight excluding hydrogens is 348 g/mol. The molecule has 0 fully saturated rings. The van der Waals surface area contributed by atoms with Gasteiger partial charge in [-0.2, -0.15) is 10.2 Å². The van der Waals surface area contributed by atoms with E-state index >= 15 is 0 Å². The number of nitrogens with zero attached hydrogens (tertiary/aromatic N) is 2. The van der Waals surface area contributed by atoms with Crippen molar-refractivity contribution in [3.63, 3.8) is 0 Å². The molecule has 8 heteroatoms. The summed E-state index contributed by atoms with van der Waals surface area (Å²) in [5, 5.41) is 10.7. The molecule has 27 heavy (non-hydrogen) atoms. The van der Waals surface area contributed by atoms with Gasteiger partial charge in [0.15, 0.2) is 11.5 Å². The van der Waals surface area contributed by atoms with Gasteiger partial charge >= 0.3 is 0 Å².